The zero-order chi connectivity index (χ0) is 13.1. The number of hydrogen-bond donors (Lipinski definition) is 1. The molecule has 0 aliphatic carbocycles. The van der Waals surface area contributed by atoms with Gasteiger partial charge in [0.15, 0.2) is 5.82 Å². The van der Waals surface area contributed by atoms with Crippen molar-refractivity contribution in [2.45, 2.75) is 6.92 Å². The number of halogens is 2. The van der Waals surface area contributed by atoms with Crippen molar-refractivity contribution in [1.29, 1.82) is 0 Å². The second kappa shape index (κ2) is 5.30. The third-order valence-corrected chi connectivity index (χ3v) is 3.01. The van der Waals surface area contributed by atoms with Crippen LogP contribution in [0.1, 0.15) is 6.92 Å². The van der Waals surface area contributed by atoms with E-state index in [1.165, 1.54) is 12.1 Å². The number of hydrogen-bond acceptors (Lipinski definition) is 4. The maximum atomic E-state index is 12.9. The van der Waals surface area contributed by atoms with Gasteiger partial charge in [-0.05, 0) is 47.1 Å². The Morgan fingerprint density at radius 2 is 2.00 bits per heavy atom. The maximum absolute atomic E-state index is 12.9. The first-order valence-corrected chi connectivity index (χ1v) is 6.22. The van der Waals surface area contributed by atoms with E-state index in [0.29, 0.717) is 12.4 Å². The fraction of sp³-hybridized carbons (Fsp3) is 0.167. The molecule has 2 N–H and O–H groups in total. The first-order valence-electron chi connectivity index (χ1n) is 5.43. The third-order valence-electron chi connectivity index (χ3n) is 2.45. The Balaban J connectivity index is 2.44. The SMILES string of the molecule is CCN(c1ccc(F)cc1)c1nc(N)ncc1Br. The Kier molecular flexibility index (Phi) is 3.76. The van der Waals surface area contributed by atoms with Gasteiger partial charge in [-0.25, -0.2) is 9.37 Å². The number of nitrogens with zero attached hydrogens (tertiary/aromatic N) is 3. The van der Waals surface area contributed by atoms with E-state index in [4.69, 9.17) is 5.73 Å². The summed E-state index contributed by atoms with van der Waals surface area (Å²) >= 11 is 3.39. The molecule has 1 aromatic carbocycles. The molecule has 0 unspecified atom stereocenters. The van der Waals surface area contributed by atoms with E-state index in [-0.39, 0.29) is 11.8 Å². The van der Waals surface area contributed by atoms with Crippen LogP contribution in [0, 0.1) is 5.82 Å². The van der Waals surface area contributed by atoms with E-state index in [1.54, 1.807) is 18.3 Å². The fourth-order valence-corrected chi connectivity index (χ4v) is 2.04. The molecule has 0 amide bonds. The minimum atomic E-state index is -0.268. The lowest BCUT2D eigenvalue weighted by atomic mass is 10.2. The summed E-state index contributed by atoms with van der Waals surface area (Å²) in [5.41, 5.74) is 6.44. The van der Waals surface area contributed by atoms with Gasteiger partial charge in [-0.1, -0.05) is 0 Å². The maximum Gasteiger partial charge on any atom is 0.222 e. The molecule has 2 rings (SSSR count). The van der Waals surface area contributed by atoms with E-state index < -0.39 is 0 Å². The molecule has 2 aromatic rings. The summed E-state index contributed by atoms with van der Waals surface area (Å²) in [6.45, 7) is 2.66. The highest BCUT2D eigenvalue weighted by atomic mass is 79.9. The largest absolute Gasteiger partial charge is 0.368 e. The summed E-state index contributed by atoms with van der Waals surface area (Å²) in [7, 11) is 0. The Bertz CT molecular complexity index is 544. The number of benzene rings is 1. The van der Waals surface area contributed by atoms with Crippen molar-refractivity contribution in [3.63, 3.8) is 0 Å². The highest BCUT2D eigenvalue weighted by molar-refractivity contribution is 9.10. The van der Waals surface area contributed by atoms with Gasteiger partial charge in [0.1, 0.15) is 5.82 Å². The highest BCUT2D eigenvalue weighted by Crippen LogP contribution is 2.30. The van der Waals surface area contributed by atoms with Gasteiger partial charge in [0, 0.05) is 18.4 Å². The molecule has 6 heteroatoms. The molecule has 0 saturated carbocycles. The number of aromatic nitrogens is 2. The van der Waals surface area contributed by atoms with Crippen molar-refractivity contribution >= 4 is 33.4 Å². The summed E-state index contributed by atoms with van der Waals surface area (Å²) in [6, 6.07) is 6.22. The van der Waals surface area contributed by atoms with Crippen LogP contribution >= 0.6 is 15.9 Å². The Hall–Kier alpha value is -1.69. The zero-order valence-corrected chi connectivity index (χ0v) is 11.4. The first kappa shape index (κ1) is 12.8. The van der Waals surface area contributed by atoms with Gasteiger partial charge in [-0.3, -0.25) is 0 Å². The van der Waals surface area contributed by atoms with Gasteiger partial charge in [0.25, 0.3) is 0 Å². The molecule has 0 spiro atoms. The number of rotatable bonds is 3. The Morgan fingerprint density at radius 3 is 2.61 bits per heavy atom. The molecule has 0 radical (unpaired) electrons. The van der Waals surface area contributed by atoms with Crippen LogP contribution in [0.15, 0.2) is 34.9 Å². The van der Waals surface area contributed by atoms with Crippen LogP contribution in [0.2, 0.25) is 0 Å². The Labute approximate surface area is 113 Å². The van der Waals surface area contributed by atoms with Gasteiger partial charge in [-0.2, -0.15) is 4.98 Å². The summed E-state index contributed by atoms with van der Waals surface area (Å²) in [4.78, 5) is 10.0. The van der Waals surface area contributed by atoms with Crippen LogP contribution in [0.4, 0.5) is 21.8 Å². The van der Waals surface area contributed by atoms with E-state index in [1.807, 2.05) is 11.8 Å². The molecule has 0 fully saturated rings. The van der Waals surface area contributed by atoms with Crippen LogP contribution < -0.4 is 10.6 Å². The van der Waals surface area contributed by atoms with Crippen molar-refractivity contribution < 1.29 is 4.39 Å². The lowest BCUT2D eigenvalue weighted by Gasteiger charge is -2.23. The monoisotopic (exact) mass is 310 g/mol. The van der Waals surface area contributed by atoms with Crippen molar-refractivity contribution in [3.05, 3.63) is 40.8 Å². The van der Waals surface area contributed by atoms with Crippen LogP contribution in [0.3, 0.4) is 0 Å². The quantitative estimate of drug-likeness (QED) is 0.946. The van der Waals surface area contributed by atoms with Crippen molar-refractivity contribution in [2.24, 2.45) is 0 Å². The molecular weight excluding hydrogens is 299 g/mol. The number of nitrogen functional groups attached to an aromatic ring is 1. The molecule has 0 saturated heterocycles. The normalized spacial score (nSPS) is 10.4. The molecule has 4 nitrogen and oxygen atoms in total. The lowest BCUT2D eigenvalue weighted by molar-refractivity contribution is 0.627. The van der Waals surface area contributed by atoms with Crippen LogP contribution in [-0.4, -0.2) is 16.5 Å². The van der Waals surface area contributed by atoms with Gasteiger partial charge < -0.3 is 10.6 Å². The summed E-state index contributed by atoms with van der Waals surface area (Å²) in [5, 5.41) is 0. The van der Waals surface area contributed by atoms with E-state index in [2.05, 4.69) is 25.9 Å². The summed E-state index contributed by atoms with van der Waals surface area (Å²) in [6.07, 6.45) is 1.60. The molecule has 0 aliphatic rings. The van der Waals surface area contributed by atoms with Gasteiger partial charge in [0.2, 0.25) is 5.95 Å². The summed E-state index contributed by atoms with van der Waals surface area (Å²) < 4.78 is 13.7. The predicted molar refractivity (Wildman–Crippen MR) is 73.2 cm³/mol. The van der Waals surface area contributed by atoms with Crippen molar-refractivity contribution in [3.8, 4) is 0 Å². The fourth-order valence-electron chi connectivity index (χ4n) is 1.64. The van der Waals surface area contributed by atoms with E-state index >= 15 is 0 Å². The van der Waals surface area contributed by atoms with Gasteiger partial charge >= 0.3 is 0 Å². The Morgan fingerprint density at radius 1 is 1.33 bits per heavy atom. The van der Waals surface area contributed by atoms with Crippen LogP contribution in [0.5, 0.6) is 0 Å². The molecule has 18 heavy (non-hydrogen) atoms. The lowest BCUT2D eigenvalue weighted by Crippen LogP contribution is -2.18. The summed E-state index contributed by atoms with van der Waals surface area (Å²) in [5.74, 6) is 0.599. The standard InChI is InChI=1S/C12H12BrFN4/c1-2-18(9-5-3-8(14)4-6-9)11-10(13)7-16-12(15)17-11/h3-7H,2H2,1H3,(H2,15,16,17). The molecule has 0 aliphatic heterocycles. The molecule has 1 aromatic heterocycles. The number of anilines is 3. The second-order valence-corrected chi connectivity index (χ2v) is 4.47. The predicted octanol–water partition coefficient (Wildman–Crippen LogP) is 3.12. The smallest absolute Gasteiger partial charge is 0.222 e. The average molecular weight is 311 g/mol. The second-order valence-electron chi connectivity index (χ2n) is 3.62. The minimum absolute atomic E-state index is 0.203. The van der Waals surface area contributed by atoms with Crippen LogP contribution in [-0.2, 0) is 0 Å². The van der Waals surface area contributed by atoms with Gasteiger partial charge in [0.05, 0.1) is 4.47 Å². The molecule has 1 heterocycles. The molecule has 0 atom stereocenters. The van der Waals surface area contributed by atoms with Crippen molar-refractivity contribution in [2.75, 3.05) is 17.2 Å². The minimum Gasteiger partial charge on any atom is -0.368 e. The van der Waals surface area contributed by atoms with E-state index in [0.717, 1.165) is 10.2 Å². The number of nitrogens with two attached hydrogens (primary N) is 1. The third kappa shape index (κ3) is 2.59. The molecule has 0 bridgehead atoms. The topological polar surface area (TPSA) is 55.0 Å². The van der Waals surface area contributed by atoms with Crippen molar-refractivity contribution in [1.82, 2.24) is 9.97 Å². The average Bonchev–Trinajstić information content (AvgIpc) is 2.37. The van der Waals surface area contributed by atoms with Gasteiger partial charge in [-0.15, -0.1) is 0 Å². The molecular formula is C12H12BrFN4. The first-order chi connectivity index (χ1) is 8.61. The highest BCUT2D eigenvalue weighted by Gasteiger charge is 2.13. The van der Waals surface area contributed by atoms with Crippen LogP contribution in [0.25, 0.3) is 0 Å². The van der Waals surface area contributed by atoms with E-state index in [9.17, 15) is 4.39 Å². The molecule has 94 valence electrons. The zero-order valence-electron chi connectivity index (χ0n) is 9.77.